The summed E-state index contributed by atoms with van der Waals surface area (Å²) in [5.74, 6) is 0.754. The summed E-state index contributed by atoms with van der Waals surface area (Å²) in [6, 6.07) is 7.14. The van der Waals surface area contributed by atoms with Crippen molar-refractivity contribution in [2.24, 2.45) is 0 Å². The van der Waals surface area contributed by atoms with Gasteiger partial charge in [0.1, 0.15) is 5.76 Å². The van der Waals surface area contributed by atoms with Gasteiger partial charge in [0.05, 0.1) is 22.1 Å². The van der Waals surface area contributed by atoms with Crippen LogP contribution in [0, 0.1) is 0 Å². The molecule has 2 heterocycles. The van der Waals surface area contributed by atoms with Gasteiger partial charge in [-0.1, -0.05) is 0 Å². The standard InChI is InChI=1S/C13H9Br2N3O3/c14-8-4-7(21-11(8)15)5-16-6-1-2-9-10(3-6)18-13(20)12(19)17-9/h1-4,16H,5H2,(H,17,19)(H,18,20). The van der Waals surface area contributed by atoms with Crippen LogP contribution in [0.4, 0.5) is 5.69 Å². The van der Waals surface area contributed by atoms with Crippen LogP contribution in [-0.2, 0) is 6.54 Å². The van der Waals surface area contributed by atoms with Gasteiger partial charge in [0, 0.05) is 5.69 Å². The number of aromatic amines is 2. The van der Waals surface area contributed by atoms with Gasteiger partial charge in [-0.3, -0.25) is 9.59 Å². The molecule has 8 heteroatoms. The van der Waals surface area contributed by atoms with Gasteiger partial charge < -0.3 is 19.7 Å². The molecule has 3 rings (SSSR count). The molecule has 0 fully saturated rings. The zero-order chi connectivity index (χ0) is 15.0. The number of aromatic nitrogens is 2. The Morgan fingerprint density at radius 2 is 1.76 bits per heavy atom. The minimum absolute atomic E-state index is 0.489. The highest BCUT2D eigenvalue weighted by molar-refractivity contribution is 9.13. The Labute approximate surface area is 134 Å². The smallest absolute Gasteiger partial charge is 0.314 e. The van der Waals surface area contributed by atoms with Gasteiger partial charge in [0.2, 0.25) is 0 Å². The lowest BCUT2D eigenvalue weighted by Crippen LogP contribution is -2.28. The lowest BCUT2D eigenvalue weighted by atomic mass is 10.2. The third-order valence-electron chi connectivity index (χ3n) is 2.89. The van der Waals surface area contributed by atoms with Crippen molar-refractivity contribution in [2.75, 3.05) is 5.32 Å². The van der Waals surface area contributed by atoms with E-state index in [1.165, 1.54) is 0 Å². The van der Waals surface area contributed by atoms with Crippen molar-refractivity contribution in [3.63, 3.8) is 0 Å². The van der Waals surface area contributed by atoms with Crippen molar-refractivity contribution in [3.05, 3.63) is 59.9 Å². The molecule has 0 aliphatic carbocycles. The van der Waals surface area contributed by atoms with Crippen LogP contribution in [0.2, 0.25) is 0 Å². The molecule has 0 saturated carbocycles. The first kappa shape index (κ1) is 14.2. The molecule has 2 aromatic heterocycles. The number of fused-ring (bicyclic) bond motifs is 1. The molecule has 0 saturated heterocycles. The number of nitrogens with one attached hydrogen (secondary N) is 3. The van der Waals surface area contributed by atoms with Crippen LogP contribution in [0.1, 0.15) is 5.76 Å². The van der Waals surface area contributed by atoms with E-state index in [1.807, 2.05) is 12.1 Å². The molecule has 0 spiro atoms. The second-order valence-corrected chi connectivity index (χ2v) is 5.93. The lowest BCUT2D eigenvalue weighted by molar-refractivity contribution is 0.494. The highest BCUT2D eigenvalue weighted by Crippen LogP contribution is 2.27. The molecule has 0 aliphatic rings. The summed E-state index contributed by atoms with van der Waals surface area (Å²) in [5, 5.41) is 3.18. The molecule has 0 unspecified atom stereocenters. The minimum atomic E-state index is -0.668. The van der Waals surface area contributed by atoms with E-state index in [2.05, 4.69) is 47.1 Å². The Kier molecular flexibility index (Phi) is 3.73. The fraction of sp³-hybridized carbons (Fsp3) is 0.0769. The van der Waals surface area contributed by atoms with Crippen molar-refractivity contribution in [1.82, 2.24) is 9.97 Å². The molecule has 6 nitrogen and oxygen atoms in total. The lowest BCUT2D eigenvalue weighted by Gasteiger charge is -2.05. The van der Waals surface area contributed by atoms with Crippen molar-refractivity contribution < 1.29 is 4.42 Å². The predicted molar refractivity (Wildman–Crippen MR) is 86.6 cm³/mol. The van der Waals surface area contributed by atoms with Crippen molar-refractivity contribution >= 4 is 48.6 Å². The molecule has 1 aromatic carbocycles. The molecule has 0 aliphatic heterocycles. The Bertz CT molecular complexity index is 907. The third-order valence-corrected chi connectivity index (χ3v) is 4.60. The summed E-state index contributed by atoms with van der Waals surface area (Å²) in [5.41, 5.74) is 0.612. The van der Waals surface area contributed by atoms with Gasteiger partial charge in [-0.15, -0.1) is 0 Å². The Morgan fingerprint density at radius 1 is 1.05 bits per heavy atom. The largest absolute Gasteiger partial charge is 0.451 e. The zero-order valence-electron chi connectivity index (χ0n) is 10.5. The molecule has 21 heavy (non-hydrogen) atoms. The van der Waals surface area contributed by atoms with Crippen LogP contribution in [-0.4, -0.2) is 9.97 Å². The number of hydrogen-bond donors (Lipinski definition) is 3. The van der Waals surface area contributed by atoms with Gasteiger partial charge in [-0.2, -0.15) is 0 Å². The molecule has 3 aromatic rings. The summed E-state index contributed by atoms with van der Waals surface area (Å²) in [6.07, 6.45) is 0. The number of H-pyrrole nitrogens is 2. The van der Waals surface area contributed by atoms with Gasteiger partial charge in [0.25, 0.3) is 0 Å². The molecule has 0 bridgehead atoms. The molecule has 0 amide bonds. The van der Waals surface area contributed by atoms with E-state index in [0.717, 1.165) is 15.9 Å². The minimum Gasteiger partial charge on any atom is -0.451 e. The second kappa shape index (κ2) is 5.53. The average molecular weight is 415 g/mol. The van der Waals surface area contributed by atoms with E-state index in [-0.39, 0.29) is 0 Å². The number of anilines is 1. The predicted octanol–water partition coefficient (Wildman–Crippen LogP) is 2.95. The first-order chi connectivity index (χ1) is 10.0. The summed E-state index contributed by atoms with van der Waals surface area (Å²) in [4.78, 5) is 27.6. The second-order valence-electron chi connectivity index (χ2n) is 4.36. The van der Waals surface area contributed by atoms with E-state index in [0.29, 0.717) is 22.2 Å². The first-order valence-corrected chi connectivity index (χ1v) is 7.55. The maximum atomic E-state index is 11.3. The van der Waals surface area contributed by atoms with Crippen LogP contribution >= 0.6 is 31.9 Å². The maximum absolute atomic E-state index is 11.3. The summed E-state index contributed by atoms with van der Waals surface area (Å²) in [7, 11) is 0. The first-order valence-electron chi connectivity index (χ1n) is 5.97. The van der Waals surface area contributed by atoms with E-state index >= 15 is 0 Å². The van der Waals surface area contributed by atoms with E-state index in [9.17, 15) is 9.59 Å². The van der Waals surface area contributed by atoms with E-state index < -0.39 is 11.1 Å². The zero-order valence-corrected chi connectivity index (χ0v) is 13.7. The summed E-state index contributed by atoms with van der Waals surface area (Å²) >= 11 is 6.62. The third kappa shape index (κ3) is 2.96. The number of rotatable bonds is 3. The molecular weight excluding hydrogens is 406 g/mol. The van der Waals surface area contributed by atoms with Crippen LogP contribution in [0.5, 0.6) is 0 Å². The maximum Gasteiger partial charge on any atom is 0.314 e. The fourth-order valence-electron chi connectivity index (χ4n) is 1.89. The quantitative estimate of drug-likeness (QED) is 0.574. The molecule has 3 N–H and O–H groups in total. The highest BCUT2D eigenvalue weighted by atomic mass is 79.9. The summed E-state index contributed by atoms with van der Waals surface area (Å²) in [6.45, 7) is 0.489. The molecule has 0 radical (unpaired) electrons. The molecular formula is C13H9Br2N3O3. The van der Waals surface area contributed by atoms with Crippen molar-refractivity contribution in [1.29, 1.82) is 0 Å². The van der Waals surface area contributed by atoms with E-state index in [1.54, 1.807) is 12.1 Å². The normalized spacial score (nSPS) is 11.0. The number of furan rings is 1. The Morgan fingerprint density at radius 3 is 2.43 bits per heavy atom. The number of benzene rings is 1. The van der Waals surface area contributed by atoms with Gasteiger partial charge in [0.15, 0.2) is 4.67 Å². The fourth-order valence-corrected chi connectivity index (χ4v) is 2.55. The topological polar surface area (TPSA) is 90.9 Å². The van der Waals surface area contributed by atoms with Gasteiger partial charge >= 0.3 is 11.1 Å². The van der Waals surface area contributed by atoms with Gasteiger partial charge in [-0.05, 0) is 56.1 Å². The molecule has 0 atom stereocenters. The monoisotopic (exact) mass is 413 g/mol. The summed E-state index contributed by atoms with van der Waals surface area (Å²) < 4.78 is 6.95. The Balaban J connectivity index is 1.86. The van der Waals surface area contributed by atoms with E-state index in [4.69, 9.17) is 4.42 Å². The van der Waals surface area contributed by atoms with Crippen LogP contribution in [0.25, 0.3) is 11.0 Å². The highest BCUT2D eigenvalue weighted by Gasteiger charge is 2.06. The SMILES string of the molecule is O=c1[nH]c2ccc(NCc3cc(Br)c(Br)o3)cc2[nH]c1=O. The number of hydrogen-bond acceptors (Lipinski definition) is 4. The van der Waals surface area contributed by atoms with Crippen LogP contribution in [0.3, 0.4) is 0 Å². The van der Waals surface area contributed by atoms with Crippen molar-refractivity contribution in [3.8, 4) is 0 Å². The number of halogens is 2. The van der Waals surface area contributed by atoms with Crippen LogP contribution < -0.4 is 16.4 Å². The Hall–Kier alpha value is -1.80. The van der Waals surface area contributed by atoms with Gasteiger partial charge in [-0.25, -0.2) is 0 Å². The molecule has 108 valence electrons. The average Bonchev–Trinajstić information content (AvgIpc) is 2.77. The van der Waals surface area contributed by atoms with Crippen LogP contribution in [0.15, 0.2) is 47.4 Å². The van der Waals surface area contributed by atoms with Crippen molar-refractivity contribution in [2.45, 2.75) is 6.54 Å².